The third-order valence-corrected chi connectivity index (χ3v) is 7.11. The van der Waals surface area contributed by atoms with Gasteiger partial charge in [0.15, 0.2) is 12.6 Å². The van der Waals surface area contributed by atoms with Crippen LogP contribution in [0.1, 0.15) is 5.56 Å². The Morgan fingerprint density at radius 3 is 2.38 bits per heavy atom. The van der Waals surface area contributed by atoms with Crippen LogP contribution in [0.15, 0.2) is 59.5 Å². The van der Waals surface area contributed by atoms with Gasteiger partial charge < -0.3 is 4.74 Å². The van der Waals surface area contributed by atoms with Gasteiger partial charge in [-0.05, 0) is 28.3 Å². The maximum Gasteiger partial charge on any atom is 0.417 e. The third-order valence-electron chi connectivity index (χ3n) is 4.97. The number of hydrogen-bond acceptors (Lipinski definition) is 6. The van der Waals surface area contributed by atoms with Crippen LogP contribution >= 0.6 is 0 Å². The van der Waals surface area contributed by atoms with E-state index in [0.29, 0.717) is 11.8 Å². The van der Waals surface area contributed by atoms with Crippen LogP contribution in [0.25, 0.3) is 0 Å². The molecule has 0 aliphatic carbocycles. The van der Waals surface area contributed by atoms with E-state index in [1.807, 2.05) is 0 Å². The van der Waals surface area contributed by atoms with Gasteiger partial charge in [0.2, 0.25) is 0 Å². The Morgan fingerprint density at radius 1 is 1.14 bits per heavy atom. The molecule has 0 spiro atoms. The number of anilines is 1. The molecule has 3 unspecified atom stereocenters. The summed E-state index contributed by atoms with van der Waals surface area (Å²) in [6, 6.07) is 11.3. The topological polar surface area (TPSA) is 76.2 Å². The molecule has 11 heteroatoms. The number of hydrogen-bond donors (Lipinski definition) is 0. The molecule has 2 heterocycles. The molecule has 0 radical (unpaired) electrons. The average molecular weight is 429 g/mol. The number of methoxy groups -OCH3 is 1. The van der Waals surface area contributed by atoms with Gasteiger partial charge in [0.05, 0.1) is 12.7 Å². The van der Waals surface area contributed by atoms with E-state index < -0.39 is 55.6 Å². The molecular formula is C18H16F3N2O5S+. The fourth-order valence-corrected chi connectivity index (χ4v) is 5.50. The maximum absolute atomic E-state index is 13.4. The zero-order valence-electron chi connectivity index (χ0n) is 15.0. The van der Waals surface area contributed by atoms with Crippen LogP contribution in [-0.4, -0.2) is 44.5 Å². The first-order chi connectivity index (χ1) is 13.6. The molecule has 29 heavy (non-hydrogen) atoms. The van der Waals surface area contributed by atoms with Crippen molar-refractivity contribution in [3.8, 4) is 0 Å². The molecule has 2 aromatic rings. The van der Waals surface area contributed by atoms with Crippen LogP contribution in [0, 0.1) is 0 Å². The van der Waals surface area contributed by atoms with Crippen LogP contribution < -0.4 is 4.90 Å². The number of alkyl halides is 3. The summed E-state index contributed by atoms with van der Waals surface area (Å²) in [4.78, 5) is 18.2. The van der Waals surface area contributed by atoms with Gasteiger partial charge in [-0.25, -0.2) is 4.79 Å². The van der Waals surface area contributed by atoms with Crippen molar-refractivity contribution < 1.29 is 40.0 Å². The van der Waals surface area contributed by atoms with Crippen LogP contribution in [-0.2, 0) is 30.6 Å². The lowest BCUT2D eigenvalue weighted by atomic mass is 10.2. The largest absolute Gasteiger partial charge is 0.467 e. The Hall–Kier alpha value is -2.63. The van der Waals surface area contributed by atoms with E-state index >= 15 is 0 Å². The monoisotopic (exact) mass is 429 g/mol. The molecule has 2 saturated heterocycles. The zero-order chi connectivity index (χ0) is 21.0. The quantitative estimate of drug-likeness (QED) is 0.422. The Morgan fingerprint density at radius 2 is 1.76 bits per heavy atom. The van der Waals surface area contributed by atoms with Crippen molar-refractivity contribution in [1.29, 1.82) is 0 Å². The highest BCUT2D eigenvalue weighted by atomic mass is 32.2. The van der Waals surface area contributed by atoms with E-state index in [0.717, 1.165) is 19.2 Å². The number of para-hydroxylation sites is 1. The zero-order valence-corrected chi connectivity index (χ0v) is 15.9. The highest BCUT2D eigenvalue weighted by molar-refractivity contribution is 7.86. The minimum absolute atomic E-state index is 0.402. The summed E-state index contributed by atoms with van der Waals surface area (Å²) >= 11 is 0. The van der Waals surface area contributed by atoms with Crippen molar-refractivity contribution >= 4 is 21.7 Å². The number of carbonyl (C=O) groups excluding carboxylic acids is 1. The van der Waals surface area contributed by atoms with Crippen molar-refractivity contribution in [2.24, 2.45) is 0 Å². The van der Waals surface area contributed by atoms with Gasteiger partial charge >= 0.3 is 28.5 Å². The molecule has 0 N–H and O–H groups in total. The van der Waals surface area contributed by atoms with E-state index in [9.17, 15) is 26.4 Å². The third kappa shape index (κ3) is 2.88. The van der Waals surface area contributed by atoms with Crippen LogP contribution in [0.3, 0.4) is 0 Å². The van der Waals surface area contributed by atoms with Gasteiger partial charge in [-0.2, -0.15) is 21.6 Å². The summed E-state index contributed by atoms with van der Waals surface area (Å²) in [6.45, 7) is -0.402. The number of fused-ring (bicyclic) bond motifs is 1. The standard InChI is InChI=1S/C18H16F3N2O5S/c1-27-16(24)14-11-23(17(28-23)22(14)12-7-3-2-4-8-12)29(25,26)15-10-6-5-9-13(15)18(19,20)21/h2-10,14,17H,11H2,1H3/q+1. The SMILES string of the molecule is COC(=O)C1C[N+]2(S(=O)(=O)c3ccccc3C(F)(F)F)OC2N1c1ccccc1. The van der Waals surface area contributed by atoms with Crippen molar-refractivity contribution in [2.75, 3.05) is 18.6 Å². The Labute approximate surface area is 164 Å². The lowest BCUT2D eigenvalue weighted by Gasteiger charge is -2.20. The molecule has 154 valence electrons. The molecule has 2 aliphatic heterocycles. The Kier molecular flexibility index (Phi) is 4.37. The molecule has 0 aromatic heterocycles. The number of nitrogens with zero attached hydrogens (tertiary/aromatic N) is 2. The van der Waals surface area contributed by atoms with Gasteiger partial charge in [-0.15, -0.1) is 0 Å². The highest BCUT2D eigenvalue weighted by Gasteiger charge is 2.80. The first-order valence-corrected chi connectivity index (χ1v) is 9.96. The molecule has 7 nitrogen and oxygen atoms in total. The number of rotatable bonds is 4. The first-order valence-electron chi connectivity index (χ1n) is 8.52. The molecular weight excluding hydrogens is 413 g/mol. The summed E-state index contributed by atoms with van der Waals surface area (Å²) in [5.74, 6) is -0.707. The fraction of sp³-hybridized carbons (Fsp3) is 0.278. The summed E-state index contributed by atoms with van der Waals surface area (Å²) in [5.41, 5.74) is -0.792. The number of carbonyl (C=O) groups is 1. The fourth-order valence-electron chi connectivity index (χ4n) is 3.59. The molecule has 2 aliphatic rings. The summed E-state index contributed by atoms with van der Waals surface area (Å²) in [5, 5.41) is 0. The number of hydroxylamine groups is 2. The van der Waals surface area contributed by atoms with Crippen molar-refractivity contribution in [1.82, 2.24) is 0 Å². The van der Waals surface area contributed by atoms with Gasteiger partial charge in [0, 0.05) is 5.69 Å². The van der Waals surface area contributed by atoms with E-state index in [4.69, 9.17) is 9.57 Å². The van der Waals surface area contributed by atoms with E-state index in [1.165, 1.54) is 11.0 Å². The summed E-state index contributed by atoms with van der Waals surface area (Å²) < 4.78 is 70.4. The highest BCUT2D eigenvalue weighted by Crippen LogP contribution is 2.52. The molecule has 0 saturated carbocycles. The minimum Gasteiger partial charge on any atom is -0.467 e. The second kappa shape index (κ2) is 6.44. The average Bonchev–Trinajstić information content (AvgIpc) is 3.33. The number of benzene rings is 2. The summed E-state index contributed by atoms with van der Waals surface area (Å²) in [6.07, 6.45) is -6.03. The predicted molar refractivity (Wildman–Crippen MR) is 93.4 cm³/mol. The van der Waals surface area contributed by atoms with Gasteiger partial charge in [0.25, 0.3) is 0 Å². The number of ether oxygens (including phenoxy) is 1. The normalized spacial score (nSPS) is 26.1. The Balaban J connectivity index is 1.80. The molecule has 2 fully saturated rings. The molecule has 4 rings (SSSR count). The molecule has 0 amide bonds. The second-order valence-electron chi connectivity index (χ2n) is 6.59. The lowest BCUT2D eigenvalue weighted by Crippen LogP contribution is -2.43. The smallest absolute Gasteiger partial charge is 0.417 e. The van der Waals surface area contributed by atoms with E-state index in [-0.39, 0.29) is 0 Å². The number of halogens is 3. The number of esters is 1. The molecule has 2 aromatic carbocycles. The first kappa shape index (κ1) is 19.7. The van der Waals surface area contributed by atoms with E-state index in [2.05, 4.69) is 0 Å². The molecule has 0 bridgehead atoms. The van der Waals surface area contributed by atoms with Crippen LogP contribution in [0.2, 0.25) is 0 Å². The van der Waals surface area contributed by atoms with E-state index in [1.54, 1.807) is 30.3 Å². The minimum atomic E-state index is -4.87. The lowest BCUT2D eigenvalue weighted by molar-refractivity contribution is -0.793. The van der Waals surface area contributed by atoms with Gasteiger partial charge in [-0.3, -0.25) is 4.90 Å². The van der Waals surface area contributed by atoms with Crippen LogP contribution in [0.5, 0.6) is 0 Å². The van der Waals surface area contributed by atoms with Crippen LogP contribution in [0.4, 0.5) is 18.9 Å². The molecule has 3 atom stereocenters. The van der Waals surface area contributed by atoms with Crippen molar-refractivity contribution in [2.45, 2.75) is 23.5 Å². The predicted octanol–water partition coefficient (Wildman–Crippen LogP) is 2.50. The second-order valence-corrected chi connectivity index (χ2v) is 8.60. The number of quaternary nitrogens is 1. The van der Waals surface area contributed by atoms with Crippen molar-refractivity contribution in [3.05, 3.63) is 60.2 Å². The van der Waals surface area contributed by atoms with Gasteiger partial charge in [-0.1, -0.05) is 35.2 Å². The van der Waals surface area contributed by atoms with Crippen molar-refractivity contribution in [3.63, 3.8) is 0 Å². The number of sulfonamides is 1. The summed E-state index contributed by atoms with van der Waals surface area (Å²) in [7, 11) is -3.49. The maximum atomic E-state index is 13.4. The van der Waals surface area contributed by atoms with Gasteiger partial charge in [0.1, 0.15) is 4.90 Å². The Bertz CT molecular complexity index is 1060.